The summed E-state index contributed by atoms with van der Waals surface area (Å²) in [4.78, 5) is 19.1. The van der Waals surface area contributed by atoms with E-state index in [1.54, 1.807) is 0 Å². The first kappa shape index (κ1) is 12.1. The smallest absolute Gasteiger partial charge is 0.373 e. The Morgan fingerprint density at radius 1 is 1.53 bits per heavy atom. The molecule has 0 aliphatic carbocycles. The quantitative estimate of drug-likeness (QED) is 0.815. The van der Waals surface area contributed by atoms with Gasteiger partial charge in [0.25, 0.3) is 5.91 Å². The number of amides is 1. The zero-order valence-corrected chi connectivity index (χ0v) is 8.99. The molecular formula is C8H6F3N3O2S. The van der Waals surface area contributed by atoms with E-state index in [1.807, 2.05) is 0 Å². The predicted molar refractivity (Wildman–Crippen MR) is 53.0 cm³/mol. The number of hydrogen-bond donors (Lipinski definition) is 1. The van der Waals surface area contributed by atoms with Crippen LogP contribution in [-0.2, 0) is 11.0 Å². The summed E-state index contributed by atoms with van der Waals surface area (Å²) in [5.41, 5.74) is -2.39. The van der Waals surface area contributed by atoms with Gasteiger partial charge in [0.15, 0.2) is 5.44 Å². The fraction of sp³-hybridized carbons (Fsp3) is 0.375. The first-order chi connectivity index (χ1) is 7.89. The highest BCUT2D eigenvalue weighted by Crippen LogP contribution is 2.30. The van der Waals surface area contributed by atoms with Crippen molar-refractivity contribution in [1.82, 2.24) is 9.97 Å². The Balaban J connectivity index is 2.31. The van der Waals surface area contributed by atoms with E-state index < -0.39 is 23.2 Å². The molecule has 0 aromatic carbocycles. The summed E-state index contributed by atoms with van der Waals surface area (Å²) < 4.78 is 37.1. The van der Waals surface area contributed by atoms with Crippen LogP contribution in [0.3, 0.4) is 0 Å². The third-order valence-corrected chi connectivity index (χ3v) is 2.94. The lowest BCUT2D eigenvalue weighted by atomic mass is 10.4. The lowest BCUT2D eigenvalue weighted by Gasteiger charge is -2.13. The van der Waals surface area contributed by atoms with Gasteiger partial charge in [0.05, 0.1) is 5.88 Å². The molecule has 0 bridgehead atoms. The van der Waals surface area contributed by atoms with Crippen molar-refractivity contribution in [3.8, 4) is 0 Å². The number of halogens is 3. The van der Waals surface area contributed by atoms with Gasteiger partial charge in [-0.2, -0.15) is 13.2 Å². The van der Waals surface area contributed by atoms with E-state index in [0.29, 0.717) is 6.07 Å². The molecule has 2 rings (SSSR count). The van der Waals surface area contributed by atoms with Crippen LogP contribution in [0.2, 0.25) is 0 Å². The Kier molecular flexibility index (Phi) is 2.96. The van der Waals surface area contributed by atoms with Gasteiger partial charge in [-0.15, -0.1) is 0 Å². The first-order valence-electron chi connectivity index (χ1n) is 4.41. The van der Waals surface area contributed by atoms with Gasteiger partial charge in [0.2, 0.25) is 5.95 Å². The van der Waals surface area contributed by atoms with E-state index in [9.17, 15) is 18.0 Å². The van der Waals surface area contributed by atoms with E-state index in [1.165, 1.54) is 0 Å². The van der Waals surface area contributed by atoms with E-state index in [4.69, 9.17) is 5.11 Å². The van der Waals surface area contributed by atoms with Crippen molar-refractivity contribution in [2.24, 2.45) is 0 Å². The Morgan fingerprint density at radius 3 is 2.76 bits per heavy atom. The minimum atomic E-state index is -4.59. The molecule has 5 nitrogen and oxygen atoms in total. The van der Waals surface area contributed by atoms with E-state index >= 15 is 0 Å². The number of anilines is 1. The van der Waals surface area contributed by atoms with Gasteiger partial charge in [-0.1, -0.05) is 11.8 Å². The Hall–Kier alpha value is -1.35. The third kappa shape index (κ3) is 2.34. The molecule has 1 saturated heterocycles. The largest absolute Gasteiger partial charge is 0.433 e. The molecule has 1 atom stereocenters. The molecule has 17 heavy (non-hydrogen) atoms. The fourth-order valence-corrected chi connectivity index (χ4v) is 2.01. The average Bonchev–Trinajstić information content (AvgIpc) is 2.59. The normalized spacial score (nSPS) is 21.1. The van der Waals surface area contributed by atoms with Crippen LogP contribution in [0.15, 0.2) is 12.3 Å². The molecule has 0 saturated carbocycles. The zero-order chi connectivity index (χ0) is 12.6. The van der Waals surface area contributed by atoms with E-state index in [0.717, 1.165) is 22.9 Å². The number of rotatable bonds is 1. The number of hydrogen-bond acceptors (Lipinski definition) is 5. The van der Waals surface area contributed by atoms with Gasteiger partial charge in [-0.3, -0.25) is 9.69 Å². The molecule has 1 aromatic rings. The number of thioether (sulfide) groups is 1. The van der Waals surface area contributed by atoms with Crippen molar-refractivity contribution in [2.45, 2.75) is 11.6 Å². The topological polar surface area (TPSA) is 66.3 Å². The second-order valence-corrected chi connectivity index (χ2v) is 4.19. The summed E-state index contributed by atoms with van der Waals surface area (Å²) >= 11 is 0.892. The molecule has 1 fully saturated rings. The van der Waals surface area contributed by atoms with Gasteiger partial charge >= 0.3 is 6.18 Å². The minimum absolute atomic E-state index is 0.0291. The maximum absolute atomic E-state index is 12.4. The number of alkyl halides is 3. The number of aliphatic hydroxyl groups is 1. The lowest BCUT2D eigenvalue weighted by molar-refractivity contribution is -0.141. The summed E-state index contributed by atoms with van der Waals surface area (Å²) in [6, 6.07) is 0.716. The summed E-state index contributed by atoms with van der Waals surface area (Å²) in [5, 5.41) is 9.15. The summed E-state index contributed by atoms with van der Waals surface area (Å²) in [6.07, 6.45) is -3.67. The van der Waals surface area contributed by atoms with E-state index in [-0.39, 0.29) is 11.8 Å². The first-order valence-corrected chi connectivity index (χ1v) is 5.46. The van der Waals surface area contributed by atoms with Crippen LogP contribution < -0.4 is 4.90 Å². The number of aliphatic hydroxyl groups excluding tert-OH is 1. The van der Waals surface area contributed by atoms with Gasteiger partial charge in [-0.25, -0.2) is 9.97 Å². The molecule has 1 aromatic heterocycles. The van der Waals surface area contributed by atoms with Crippen molar-refractivity contribution in [3.63, 3.8) is 0 Å². The van der Waals surface area contributed by atoms with Crippen LogP contribution in [0.4, 0.5) is 19.1 Å². The number of aromatic nitrogens is 2. The van der Waals surface area contributed by atoms with E-state index in [2.05, 4.69) is 9.97 Å². The molecule has 1 amide bonds. The van der Waals surface area contributed by atoms with Crippen LogP contribution in [0, 0.1) is 0 Å². The van der Waals surface area contributed by atoms with Gasteiger partial charge in [-0.05, 0) is 6.07 Å². The summed E-state index contributed by atoms with van der Waals surface area (Å²) in [7, 11) is 0. The monoisotopic (exact) mass is 265 g/mol. The summed E-state index contributed by atoms with van der Waals surface area (Å²) in [6.45, 7) is 0. The Morgan fingerprint density at radius 2 is 2.24 bits per heavy atom. The van der Waals surface area contributed by atoms with Gasteiger partial charge in [0.1, 0.15) is 5.69 Å². The highest BCUT2D eigenvalue weighted by Gasteiger charge is 2.36. The minimum Gasteiger partial charge on any atom is -0.373 e. The standard InChI is InChI=1S/C8H6F3N3O2S/c9-8(10,11)4-1-2-12-7(13-4)14-3-17-6(16)5(14)15/h1-2,6,16H,3H2. The maximum Gasteiger partial charge on any atom is 0.433 e. The van der Waals surface area contributed by atoms with Crippen molar-refractivity contribution in [3.05, 3.63) is 18.0 Å². The van der Waals surface area contributed by atoms with Crippen molar-refractivity contribution >= 4 is 23.6 Å². The molecule has 1 aliphatic rings. The fourth-order valence-electron chi connectivity index (χ4n) is 1.21. The second-order valence-electron chi connectivity index (χ2n) is 3.15. The van der Waals surface area contributed by atoms with Crippen molar-refractivity contribution in [2.75, 3.05) is 10.8 Å². The lowest BCUT2D eigenvalue weighted by Crippen LogP contribution is -2.31. The second kappa shape index (κ2) is 4.15. The Bertz CT molecular complexity index is 454. The summed E-state index contributed by atoms with van der Waals surface area (Å²) in [5.74, 6) is -1.04. The molecular weight excluding hydrogens is 259 g/mol. The molecule has 1 aliphatic heterocycles. The maximum atomic E-state index is 12.4. The SMILES string of the molecule is O=C1C(O)SCN1c1nccc(C(F)(F)F)n1. The van der Waals surface area contributed by atoms with Crippen LogP contribution in [-0.4, -0.2) is 32.3 Å². The molecule has 1 unspecified atom stereocenters. The third-order valence-electron chi connectivity index (χ3n) is 2.01. The highest BCUT2D eigenvalue weighted by atomic mass is 32.2. The predicted octanol–water partition coefficient (Wildman–Crippen LogP) is 0.851. The number of nitrogens with zero attached hydrogens (tertiary/aromatic N) is 3. The Labute approximate surface area is 97.7 Å². The van der Waals surface area contributed by atoms with Crippen molar-refractivity contribution in [1.29, 1.82) is 0 Å². The van der Waals surface area contributed by atoms with Gasteiger partial charge in [0, 0.05) is 6.20 Å². The van der Waals surface area contributed by atoms with Crippen LogP contribution in [0.1, 0.15) is 5.69 Å². The molecule has 0 radical (unpaired) electrons. The zero-order valence-electron chi connectivity index (χ0n) is 8.18. The number of carbonyl (C=O) groups excluding carboxylic acids is 1. The number of carbonyl (C=O) groups is 1. The average molecular weight is 265 g/mol. The van der Waals surface area contributed by atoms with Crippen LogP contribution in [0.5, 0.6) is 0 Å². The molecule has 0 spiro atoms. The molecule has 1 N–H and O–H groups in total. The van der Waals surface area contributed by atoms with Crippen molar-refractivity contribution < 1.29 is 23.1 Å². The van der Waals surface area contributed by atoms with Crippen LogP contribution in [0.25, 0.3) is 0 Å². The highest BCUT2D eigenvalue weighted by molar-refractivity contribution is 8.01. The van der Waals surface area contributed by atoms with Gasteiger partial charge < -0.3 is 5.11 Å². The molecule has 9 heteroatoms. The van der Waals surface area contributed by atoms with Crippen LogP contribution >= 0.6 is 11.8 Å². The molecule has 92 valence electrons. The molecule has 2 heterocycles.